The molecule has 2 aromatic carbocycles. The van der Waals surface area contributed by atoms with E-state index in [0.29, 0.717) is 23.5 Å². The third-order valence-electron chi connectivity index (χ3n) is 6.40. The minimum atomic E-state index is 0.265. The van der Waals surface area contributed by atoms with Crippen LogP contribution >= 0.6 is 11.6 Å². The number of ether oxygens (including phenoxy) is 1. The number of hydrogen-bond donors (Lipinski definition) is 2. The molecule has 6 rings (SSSR count). The summed E-state index contributed by atoms with van der Waals surface area (Å²) in [6, 6.07) is 16.5. The standard InChI is InChI=1S/C27H25ClN6O/c28-24-16-34(17-30-24)22-12-9-19-15-23(22)35-14-6-2-5-13-29-26-21-11-10-20(18-7-3-1-4-8-18)25(21)32-27(31-19)33-26/h1-4,6-9,12,15-17,20H,5,10-11,13-14H2,(H2,29,31,32,33). The molecule has 1 unspecified atom stereocenters. The molecule has 7 nitrogen and oxygen atoms in total. The highest BCUT2D eigenvalue weighted by Crippen LogP contribution is 2.40. The van der Waals surface area contributed by atoms with Crippen LogP contribution in [0.3, 0.4) is 0 Å². The zero-order valence-electron chi connectivity index (χ0n) is 19.1. The number of nitrogens with one attached hydrogen (secondary N) is 2. The molecule has 3 heterocycles. The molecule has 0 spiro atoms. The van der Waals surface area contributed by atoms with Crippen molar-refractivity contribution < 1.29 is 4.74 Å². The maximum absolute atomic E-state index is 6.11. The van der Waals surface area contributed by atoms with Crippen LogP contribution in [0.1, 0.15) is 35.6 Å². The van der Waals surface area contributed by atoms with Crippen molar-refractivity contribution in [3.63, 3.8) is 0 Å². The van der Waals surface area contributed by atoms with Crippen LogP contribution in [0.4, 0.5) is 17.5 Å². The molecule has 1 atom stereocenters. The first kappa shape index (κ1) is 21.7. The third-order valence-corrected chi connectivity index (χ3v) is 6.60. The van der Waals surface area contributed by atoms with Gasteiger partial charge in [-0.2, -0.15) is 4.98 Å². The lowest BCUT2D eigenvalue weighted by Gasteiger charge is -2.17. The summed E-state index contributed by atoms with van der Waals surface area (Å²) in [5.41, 5.74) is 5.31. The lowest BCUT2D eigenvalue weighted by molar-refractivity contribution is 0.361. The normalized spacial score (nSPS) is 17.0. The van der Waals surface area contributed by atoms with E-state index in [1.807, 2.05) is 28.8 Å². The van der Waals surface area contributed by atoms with Crippen LogP contribution in [-0.4, -0.2) is 32.7 Å². The summed E-state index contributed by atoms with van der Waals surface area (Å²) in [5.74, 6) is 2.47. The van der Waals surface area contributed by atoms with Crippen LogP contribution in [0.2, 0.25) is 5.15 Å². The zero-order chi connectivity index (χ0) is 23.6. The molecule has 35 heavy (non-hydrogen) atoms. The third kappa shape index (κ3) is 4.47. The van der Waals surface area contributed by atoms with Crippen LogP contribution in [0.15, 0.2) is 73.2 Å². The number of imidazole rings is 1. The molecule has 4 bridgehead atoms. The van der Waals surface area contributed by atoms with E-state index >= 15 is 0 Å². The Morgan fingerprint density at radius 2 is 1.97 bits per heavy atom. The lowest BCUT2D eigenvalue weighted by atomic mass is 9.97. The van der Waals surface area contributed by atoms with Crippen molar-refractivity contribution in [1.29, 1.82) is 0 Å². The highest BCUT2D eigenvalue weighted by molar-refractivity contribution is 6.29. The van der Waals surface area contributed by atoms with Gasteiger partial charge in [-0.1, -0.05) is 54.1 Å². The van der Waals surface area contributed by atoms with Crippen molar-refractivity contribution >= 4 is 29.1 Å². The van der Waals surface area contributed by atoms with E-state index in [4.69, 9.17) is 26.3 Å². The molecule has 0 saturated heterocycles. The fraction of sp³-hybridized carbons (Fsp3) is 0.222. The molecule has 0 amide bonds. The molecule has 0 fully saturated rings. The Morgan fingerprint density at radius 1 is 1.06 bits per heavy atom. The largest absolute Gasteiger partial charge is 0.487 e. The SMILES string of the molecule is Clc1cn(-c2ccc3cc2OCC=CCCNc2nc(nc4c2CCC4c2ccccc2)N3)cn1. The Balaban J connectivity index is 1.41. The van der Waals surface area contributed by atoms with Crippen LogP contribution in [0, 0.1) is 0 Å². The van der Waals surface area contributed by atoms with Crippen LogP contribution in [-0.2, 0) is 6.42 Å². The van der Waals surface area contributed by atoms with Gasteiger partial charge in [0, 0.05) is 36.0 Å². The van der Waals surface area contributed by atoms with Gasteiger partial charge in [-0.25, -0.2) is 9.97 Å². The van der Waals surface area contributed by atoms with Crippen molar-refractivity contribution in [1.82, 2.24) is 19.5 Å². The number of aromatic nitrogens is 4. The maximum Gasteiger partial charge on any atom is 0.229 e. The average Bonchev–Trinajstić information content (AvgIpc) is 3.50. The molecule has 2 aromatic heterocycles. The summed E-state index contributed by atoms with van der Waals surface area (Å²) < 4.78 is 7.96. The lowest BCUT2D eigenvalue weighted by Crippen LogP contribution is -2.11. The molecule has 2 aliphatic rings. The van der Waals surface area contributed by atoms with Crippen LogP contribution < -0.4 is 15.4 Å². The second-order valence-electron chi connectivity index (χ2n) is 8.67. The molecule has 1 aliphatic heterocycles. The van der Waals surface area contributed by atoms with E-state index in [9.17, 15) is 0 Å². The summed E-state index contributed by atoms with van der Waals surface area (Å²) >= 11 is 6.05. The molecule has 0 saturated carbocycles. The predicted octanol–water partition coefficient (Wildman–Crippen LogP) is 5.89. The summed E-state index contributed by atoms with van der Waals surface area (Å²) in [6.07, 6.45) is 10.5. The average molecular weight is 485 g/mol. The number of anilines is 3. The molecule has 176 valence electrons. The van der Waals surface area contributed by atoms with Gasteiger partial charge in [0.25, 0.3) is 0 Å². The fourth-order valence-electron chi connectivity index (χ4n) is 4.75. The smallest absolute Gasteiger partial charge is 0.229 e. The molecular weight excluding hydrogens is 460 g/mol. The highest BCUT2D eigenvalue weighted by atomic mass is 35.5. The number of halogens is 1. The van der Waals surface area contributed by atoms with E-state index in [1.165, 1.54) is 11.1 Å². The van der Waals surface area contributed by atoms with Gasteiger partial charge in [0.2, 0.25) is 5.95 Å². The van der Waals surface area contributed by atoms with E-state index in [-0.39, 0.29) is 5.92 Å². The second kappa shape index (κ2) is 9.43. The Kier molecular flexibility index (Phi) is 5.84. The monoisotopic (exact) mass is 484 g/mol. The Morgan fingerprint density at radius 3 is 2.83 bits per heavy atom. The Bertz CT molecular complexity index is 1380. The number of benzene rings is 2. The molecule has 0 radical (unpaired) electrons. The van der Waals surface area contributed by atoms with Gasteiger partial charge in [0.15, 0.2) is 0 Å². The quantitative estimate of drug-likeness (QED) is 0.345. The van der Waals surface area contributed by atoms with Crippen molar-refractivity contribution in [3.8, 4) is 11.4 Å². The summed E-state index contributed by atoms with van der Waals surface area (Å²) in [5, 5.41) is 7.39. The molecule has 2 N–H and O–H groups in total. The van der Waals surface area contributed by atoms with Gasteiger partial charge in [0.05, 0.1) is 11.4 Å². The number of rotatable bonds is 2. The first-order chi connectivity index (χ1) is 17.2. The summed E-state index contributed by atoms with van der Waals surface area (Å²) in [4.78, 5) is 14.0. The van der Waals surface area contributed by atoms with Crippen LogP contribution in [0.5, 0.6) is 5.75 Å². The Hall–Kier alpha value is -3.84. The van der Waals surface area contributed by atoms with Gasteiger partial charge in [-0.15, -0.1) is 0 Å². The highest BCUT2D eigenvalue weighted by Gasteiger charge is 2.29. The van der Waals surface area contributed by atoms with Gasteiger partial charge >= 0.3 is 0 Å². The predicted molar refractivity (Wildman–Crippen MR) is 138 cm³/mol. The minimum absolute atomic E-state index is 0.265. The molecular formula is C27H25ClN6O. The van der Waals surface area contributed by atoms with Gasteiger partial charge in [0.1, 0.15) is 29.7 Å². The summed E-state index contributed by atoms with van der Waals surface area (Å²) in [7, 11) is 0. The Labute approximate surface area is 208 Å². The fourth-order valence-corrected chi connectivity index (χ4v) is 4.90. The first-order valence-electron chi connectivity index (χ1n) is 11.8. The zero-order valence-corrected chi connectivity index (χ0v) is 19.9. The van der Waals surface area contributed by atoms with Gasteiger partial charge in [-0.05, 0) is 37.0 Å². The molecule has 4 aromatic rings. The molecule has 8 heteroatoms. The van der Waals surface area contributed by atoms with E-state index in [1.54, 1.807) is 12.5 Å². The van der Waals surface area contributed by atoms with E-state index < -0.39 is 0 Å². The van der Waals surface area contributed by atoms with Gasteiger partial charge < -0.3 is 19.9 Å². The second-order valence-corrected chi connectivity index (χ2v) is 9.06. The number of fused-ring (bicyclic) bond motifs is 6. The molecule has 1 aliphatic carbocycles. The van der Waals surface area contributed by atoms with Crippen molar-refractivity contribution in [2.75, 3.05) is 23.8 Å². The van der Waals surface area contributed by atoms with E-state index in [2.05, 4.69) is 52.0 Å². The van der Waals surface area contributed by atoms with Gasteiger partial charge in [-0.3, -0.25) is 0 Å². The van der Waals surface area contributed by atoms with Crippen LogP contribution in [0.25, 0.3) is 5.69 Å². The topological polar surface area (TPSA) is 76.9 Å². The number of nitrogens with zero attached hydrogens (tertiary/aromatic N) is 4. The first-order valence-corrected chi connectivity index (χ1v) is 12.2. The van der Waals surface area contributed by atoms with Crippen molar-refractivity contribution in [2.45, 2.75) is 25.2 Å². The number of hydrogen-bond acceptors (Lipinski definition) is 6. The van der Waals surface area contributed by atoms with Crippen molar-refractivity contribution in [2.24, 2.45) is 0 Å². The van der Waals surface area contributed by atoms with Crippen molar-refractivity contribution in [3.05, 3.63) is 95.2 Å². The van der Waals surface area contributed by atoms with E-state index in [0.717, 1.165) is 48.7 Å². The minimum Gasteiger partial charge on any atom is -0.487 e. The maximum atomic E-state index is 6.11. The summed E-state index contributed by atoms with van der Waals surface area (Å²) in [6.45, 7) is 1.26.